The van der Waals surface area contributed by atoms with E-state index in [1.807, 2.05) is 0 Å². The van der Waals surface area contributed by atoms with Gasteiger partial charge in [0, 0.05) is 12.1 Å². The van der Waals surface area contributed by atoms with Crippen LogP contribution in [0.25, 0.3) is 21.5 Å². The topological polar surface area (TPSA) is 103 Å². The monoisotopic (exact) mass is 458 g/mol. The Hall–Kier alpha value is -3.31. The first-order chi connectivity index (χ1) is 14.9. The molecule has 5 rings (SSSR count). The highest BCUT2D eigenvalue weighted by molar-refractivity contribution is 7.91. The van der Waals surface area contributed by atoms with E-state index in [0.717, 1.165) is 11.3 Å². The molecule has 1 aliphatic heterocycles. The largest absolute Gasteiger partial charge is 0.497 e. The van der Waals surface area contributed by atoms with Crippen LogP contribution in [-0.2, 0) is 16.4 Å². The number of hydrogen-bond donors (Lipinski definition) is 1. The lowest BCUT2D eigenvalue weighted by Crippen LogP contribution is -2.17. The van der Waals surface area contributed by atoms with E-state index in [-0.39, 0.29) is 34.0 Å². The summed E-state index contributed by atoms with van der Waals surface area (Å²) in [5.41, 5.74) is 1.52. The summed E-state index contributed by atoms with van der Waals surface area (Å²) in [4.78, 5) is 21.8. The summed E-state index contributed by atoms with van der Waals surface area (Å²) in [7, 11) is -2.03. The van der Waals surface area contributed by atoms with E-state index < -0.39 is 21.6 Å². The number of aromatic nitrogens is 3. The first-order valence-electron chi connectivity index (χ1n) is 9.21. The summed E-state index contributed by atoms with van der Waals surface area (Å²) in [6, 6.07) is 11.0. The Kier molecular flexibility index (Phi) is 4.52. The Bertz CT molecular complexity index is 1440. The van der Waals surface area contributed by atoms with Crippen LogP contribution in [0, 0.1) is 5.82 Å². The lowest BCUT2D eigenvalue weighted by Gasteiger charge is -2.07. The number of methoxy groups -OCH3 is 1. The number of carbonyl (C=O) groups is 1. The fourth-order valence-electron chi connectivity index (χ4n) is 3.47. The van der Waals surface area contributed by atoms with Crippen molar-refractivity contribution in [2.45, 2.75) is 11.7 Å². The van der Waals surface area contributed by atoms with Gasteiger partial charge in [-0.1, -0.05) is 11.3 Å². The highest BCUT2D eigenvalue weighted by Gasteiger charge is 2.35. The van der Waals surface area contributed by atoms with Crippen molar-refractivity contribution in [2.75, 3.05) is 18.2 Å². The van der Waals surface area contributed by atoms with Gasteiger partial charge in [0.05, 0.1) is 23.1 Å². The van der Waals surface area contributed by atoms with E-state index >= 15 is 0 Å². The zero-order valence-electron chi connectivity index (χ0n) is 16.1. The van der Waals surface area contributed by atoms with E-state index in [0.29, 0.717) is 21.5 Å². The number of imidazole rings is 1. The number of halogens is 1. The summed E-state index contributed by atoms with van der Waals surface area (Å²) in [5.74, 6) is -0.425. The van der Waals surface area contributed by atoms with E-state index in [4.69, 9.17) is 4.74 Å². The number of nitrogens with zero attached hydrogens (tertiary/aromatic N) is 3. The maximum absolute atomic E-state index is 13.5. The standard InChI is InChI=1S/C20H15FN4O4S2/c1-29-13-5-2-11(3-6-13)16-17(25-8-9-31(27,28)20(25)23-16)18(26)24-19-22-14-7-4-12(21)10-15(14)30-19/h2-7,10H,8-9H2,1H3,(H,22,24,26). The minimum Gasteiger partial charge on any atom is -0.497 e. The molecular weight excluding hydrogens is 443 g/mol. The molecule has 1 amide bonds. The van der Waals surface area contributed by atoms with Gasteiger partial charge in [-0.2, -0.15) is 0 Å². The number of carbonyl (C=O) groups excluding carboxylic acids is 1. The molecule has 0 fully saturated rings. The molecule has 2 aromatic heterocycles. The zero-order chi connectivity index (χ0) is 21.8. The fraction of sp³-hybridized carbons (Fsp3) is 0.150. The van der Waals surface area contributed by atoms with Crippen LogP contribution in [0.1, 0.15) is 10.5 Å². The van der Waals surface area contributed by atoms with Crippen molar-refractivity contribution in [3.63, 3.8) is 0 Å². The van der Waals surface area contributed by atoms with E-state index in [1.165, 1.54) is 29.9 Å². The summed E-state index contributed by atoms with van der Waals surface area (Å²) < 4.78 is 45.4. The molecule has 0 unspecified atom stereocenters. The molecule has 158 valence electrons. The maximum Gasteiger partial charge on any atom is 0.276 e. The van der Waals surface area contributed by atoms with Gasteiger partial charge in [-0.25, -0.2) is 22.8 Å². The van der Waals surface area contributed by atoms with Crippen LogP contribution < -0.4 is 10.1 Å². The number of amides is 1. The number of anilines is 1. The van der Waals surface area contributed by atoms with Crippen molar-refractivity contribution in [1.29, 1.82) is 0 Å². The van der Waals surface area contributed by atoms with Gasteiger partial charge in [-0.05, 0) is 42.5 Å². The Balaban J connectivity index is 1.58. The first-order valence-corrected chi connectivity index (χ1v) is 11.7. The summed E-state index contributed by atoms with van der Waals surface area (Å²) in [6.07, 6.45) is 0. The van der Waals surface area contributed by atoms with Gasteiger partial charge in [0.25, 0.3) is 5.91 Å². The van der Waals surface area contributed by atoms with Gasteiger partial charge in [-0.15, -0.1) is 0 Å². The molecule has 8 nitrogen and oxygen atoms in total. The van der Waals surface area contributed by atoms with E-state index in [2.05, 4.69) is 15.3 Å². The van der Waals surface area contributed by atoms with Crippen molar-refractivity contribution >= 4 is 42.4 Å². The maximum atomic E-state index is 13.5. The summed E-state index contributed by atoms with van der Waals surface area (Å²) in [5, 5.41) is 2.86. The molecule has 3 heterocycles. The Morgan fingerprint density at radius 1 is 1.19 bits per heavy atom. The van der Waals surface area contributed by atoms with E-state index in [1.54, 1.807) is 24.3 Å². The molecule has 0 atom stereocenters. The van der Waals surface area contributed by atoms with Crippen LogP contribution in [0.15, 0.2) is 47.6 Å². The Morgan fingerprint density at radius 3 is 2.71 bits per heavy atom. The third-order valence-electron chi connectivity index (χ3n) is 4.94. The molecule has 1 N–H and O–H groups in total. The Labute approximate surface area is 180 Å². The minimum atomic E-state index is -3.57. The average Bonchev–Trinajstić information content (AvgIpc) is 3.40. The van der Waals surface area contributed by atoms with Gasteiger partial charge < -0.3 is 9.30 Å². The third kappa shape index (κ3) is 3.35. The number of nitrogens with one attached hydrogen (secondary N) is 1. The van der Waals surface area contributed by atoms with Crippen LogP contribution >= 0.6 is 11.3 Å². The summed E-state index contributed by atoms with van der Waals surface area (Å²) >= 11 is 1.13. The second kappa shape index (κ2) is 7.13. The molecule has 11 heteroatoms. The van der Waals surface area contributed by atoms with Crippen LogP contribution in [-0.4, -0.2) is 41.7 Å². The summed E-state index contributed by atoms with van der Waals surface area (Å²) in [6.45, 7) is 0.134. The number of thiazole rings is 1. The van der Waals surface area contributed by atoms with Crippen molar-refractivity contribution in [3.8, 4) is 17.0 Å². The molecule has 0 saturated heterocycles. The fourth-order valence-corrected chi connectivity index (χ4v) is 5.71. The minimum absolute atomic E-state index is 0.112. The lowest BCUT2D eigenvalue weighted by molar-refractivity contribution is 0.101. The number of ether oxygens (including phenoxy) is 1. The number of fused-ring (bicyclic) bond motifs is 2. The molecular formula is C20H15FN4O4S2. The SMILES string of the molecule is COc1ccc(-c2nc3n(c2C(=O)Nc2nc4ccc(F)cc4s2)CCS3(=O)=O)cc1. The number of benzene rings is 2. The number of rotatable bonds is 4. The van der Waals surface area contributed by atoms with Crippen LogP contribution in [0.3, 0.4) is 0 Å². The van der Waals surface area contributed by atoms with Crippen molar-refractivity contribution in [3.05, 3.63) is 54.0 Å². The van der Waals surface area contributed by atoms with Crippen LogP contribution in [0.5, 0.6) is 5.75 Å². The van der Waals surface area contributed by atoms with Crippen LogP contribution in [0.2, 0.25) is 0 Å². The lowest BCUT2D eigenvalue weighted by atomic mass is 10.1. The molecule has 0 saturated carbocycles. The highest BCUT2D eigenvalue weighted by atomic mass is 32.2. The number of sulfone groups is 1. The molecule has 0 aliphatic carbocycles. The molecule has 0 bridgehead atoms. The van der Waals surface area contributed by atoms with Gasteiger partial charge in [0.2, 0.25) is 15.0 Å². The highest BCUT2D eigenvalue weighted by Crippen LogP contribution is 2.33. The Morgan fingerprint density at radius 2 is 1.97 bits per heavy atom. The van der Waals surface area contributed by atoms with Gasteiger partial charge >= 0.3 is 0 Å². The normalized spacial score (nSPS) is 14.5. The quantitative estimate of drug-likeness (QED) is 0.503. The molecule has 2 aromatic carbocycles. The molecule has 1 aliphatic rings. The average molecular weight is 458 g/mol. The zero-order valence-corrected chi connectivity index (χ0v) is 17.8. The smallest absolute Gasteiger partial charge is 0.276 e. The van der Waals surface area contributed by atoms with Gasteiger partial charge in [-0.3, -0.25) is 10.1 Å². The second-order valence-corrected chi connectivity index (χ2v) is 9.91. The predicted molar refractivity (Wildman–Crippen MR) is 114 cm³/mol. The predicted octanol–water partition coefficient (Wildman–Crippen LogP) is 3.35. The van der Waals surface area contributed by atoms with Gasteiger partial charge in [0.1, 0.15) is 23.0 Å². The van der Waals surface area contributed by atoms with Crippen molar-refractivity contribution in [2.24, 2.45) is 0 Å². The molecule has 31 heavy (non-hydrogen) atoms. The molecule has 4 aromatic rings. The molecule has 0 spiro atoms. The first kappa shape index (κ1) is 19.6. The van der Waals surface area contributed by atoms with Gasteiger partial charge in [0.15, 0.2) is 5.13 Å². The van der Waals surface area contributed by atoms with Crippen molar-refractivity contribution in [1.82, 2.24) is 14.5 Å². The van der Waals surface area contributed by atoms with Crippen LogP contribution in [0.4, 0.5) is 9.52 Å². The van der Waals surface area contributed by atoms with Crippen molar-refractivity contribution < 1.29 is 22.3 Å². The molecule has 0 radical (unpaired) electrons. The second-order valence-electron chi connectivity index (χ2n) is 6.88. The van der Waals surface area contributed by atoms with E-state index in [9.17, 15) is 17.6 Å². The third-order valence-corrected chi connectivity index (χ3v) is 7.47. The number of hydrogen-bond acceptors (Lipinski definition) is 7.